The Balaban J connectivity index is 7.40. The molecule has 2 nitrogen and oxygen atoms in total. The van der Waals surface area contributed by atoms with Gasteiger partial charge in [0.2, 0.25) is 0 Å². The minimum atomic E-state index is -9.50. The number of carbonyl (C=O) groups is 1. The van der Waals surface area contributed by atoms with Crippen LogP contribution in [-0.4, -0.2) is 76.5 Å². The van der Waals surface area contributed by atoms with Crippen LogP contribution in [0, 0.1) is 0 Å². The lowest BCUT2D eigenvalue weighted by Gasteiger charge is -2.45. The van der Waals surface area contributed by atoms with Crippen LogP contribution in [0.5, 0.6) is 0 Å². The van der Waals surface area contributed by atoms with Crippen LogP contribution < -0.4 is 0 Å². The molecule has 0 aliphatic carbocycles. The molecule has 244 valence electrons. The summed E-state index contributed by atoms with van der Waals surface area (Å²) in [6.07, 6.45) is -10.0. The molecule has 0 spiro atoms. The van der Waals surface area contributed by atoms with Gasteiger partial charge in [0.1, 0.15) is 5.57 Å². The Labute approximate surface area is 208 Å². The van der Waals surface area contributed by atoms with Gasteiger partial charge in [-0.2, -0.15) is 101 Å². The van der Waals surface area contributed by atoms with Gasteiger partial charge in [0.25, 0.3) is 0 Å². The fourth-order valence-electron chi connectivity index (χ4n) is 2.48. The van der Waals surface area contributed by atoms with Crippen LogP contribution in [0.3, 0.4) is 0 Å². The molecular weight excluding hydrogens is 661 g/mol. The summed E-state index contributed by atoms with van der Waals surface area (Å²) in [6, 6.07) is 0. The Hall–Kier alpha value is -2.40. The highest BCUT2D eigenvalue weighted by atomic mass is 19.4. The molecule has 0 aliphatic rings. The zero-order chi connectivity index (χ0) is 34.1. The summed E-state index contributed by atoms with van der Waals surface area (Å²) in [7, 11) is 0. The average molecular weight is 668 g/mol. The summed E-state index contributed by atoms with van der Waals surface area (Å²) >= 11 is 0. The number of carboxylic acids is 1. The first kappa shape index (κ1) is 38.6. The van der Waals surface area contributed by atoms with E-state index in [0.717, 1.165) is 0 Å². The predicted molar refractivity (Wildman–Crippen MR) is 81.5 cm³/mol. The molecular formula is C16H7F23O2. The molecule has 0 unspecified atom stereocenters. The molecule has 0 saturated heterocycles. The Morgan fingerprint density at radius 1 is 0.463 bits per heavy atom. The minimum Gasteiger partial charge on any atom is -0.478 e. The Bertz CT molecular complexity index is 1020. The molecule has 41 heavy (non-hydrogen) atoms. The number of carboxylic acid groups (broad SMARTS) is 1. The molecule has 0 heterocycles. The maximum Gasteiger partial charge on any atom is 0.460 e. The van der Waals surface area contributed by atoms with E-state index in [9.17, 15) is 106 Å². The first-order valence-electron chi connectivity index (χ1n) is 9.18. The third-order valence-electron chi connectivity index (χ3n) is 4.88. The second-order valence-electron chi connectivity index (χ2n) is 7.57. The molecule has 0 aromatic heterocycles. The molecule has 1 N–H and O–H groups in total. The number of allylic oxidation sites excluding steroid dienone is 1. The van der Waals surface area contributed by atoms with Crippen molar-refractivity contribution < 1.29 is 111 Å². The molecule has 25 heteroatoms. The van der Waals surface area contributed by atoms with Crippen molar-refractivity contribution in [2.75, 3.05) is 0 Å². The second kappa shape index (κ2) is 9.82. The van der Waals surface area contributed by atoms with E-state index in [1.807, 2.05) is 0 Å². The summed E-state index contributed by atoms with van der Waals surface area (Å²) in [4.78, 5) is 10.6. The quantitative estimate of drug-likeness (QED) is 0.168. The van der Waals surface area contributed by atoms with Crippen LogP contribution in [-0.2, 0) is 4.79 Å². The van der Waals surface area contributed by atoms with Crippen molar-refractivity contribution in [2.24, 2.45) is 0 Å². The molecule has 0 amide bonds. The smallest absolute Gasteiger partial charge is 0.460 e. The van der Waals surface area contributed by atoms with Crippen LogP contribution >= 0.6 is 0 Å². The number of halogens is 23. The molecule has 0 aromatic carbocycles. The van der Waals surface area contributed by atoms with E-state index in [-0.39, 0.29) is 0 Å². The summed E-state index contributed by atoms with van der Waals surface area (Å²) in [5.74, 6) is -92.8. The van der Waals surface area contributed by atoms with Gasteiger partial charge in [0, 0.05) is 0 Å². The van der Waals surface area contributed by atoms with Gasteiger partial charge >= 0.3 is 71.4 Å². The van der Waals surface area contributed by atoms with Gasteiger partial charge in [0.05, 0.1) is 0 Å². The van der Waals surface area contributed by atoms with E-state index in [2.05, 4.69) is 0 Å². The van der Waals surface area contributed by atoms with Crippen molar-refractivity contribution >= 4 is 5.97 Å². The Morgan fingerprint density at radius 3 is 0.878 bits per heavy atom. The van der Waals surface area contributed by atoms with E-state index in [0.29, 0.717) is 6.92 Å². The summed E-state index contributed by atoms with van der Waals surface area (Å²) in [5, 5.41) is 8.38. The lowest BCUT2D eigenvalue weighted by molar-refractivity contribution is -0.477. The zero-order valence-electron chi connectivity index (χ0n) is 18.3. The normalized spacial score (nSPS) is 16.7. The van der Waals surface area contributed by atoms with Gasteiger partial charge in [-0.05, 0) is 6.42 Å². The number of rotatable bonds is 12. The van der Waals surface area contributed by atoms with Crippen molar-refractivity contribution in [3.8, 4) is 0 Å². The van der Waals surface area contributed by atoms with Crippen LogP contribution in [0.15, 0.2) is 11.6 Å². The average Bonchev–Trinajstić information content (AvgIpc) is 2.74. The topological polar surface area (TPSA) is 37.3 Å². The first-order chi connectivity index (χ1) is 17.4. The standard InChI is InChI=1S/C16H7F23O2/c1-2-3-4(5(40)41)6(17,18)7(19,20)8(21,22)9(23,24)10(25,26)11(27,28)12(29,30)13(31,32)14(33,34)15(35,36)16(37,38)39/h3H,2H2,1H3,(H,40,41). The molecule has 0 atom stereocenters. The van der Waals surface area contributed by atoms with Gasteiger partial charge in [-0.1, -0.05) is 13.0 Å². The monoisotopic (exact) mass is 668 g/mol. The third kappa shape index (κ3) is 4.71. The van der Waals surface area contributed by atoms with E-state index in [4.69, 9.17) is 5.11 Å². The number of aliphatic carboxylic acids is 1. The van der Waals surface area contributed by atoms with Crippen molar-refractivity contribution in [3.05, 3.63) is 11.6 Å². The van der Waals surface area contributed by atoms with E-state index < -0.39 is 89.4 Å². The van der Waals surface area contributed by atoms with Crippen LogP contribution in [0.4, 0.5) is 101 Å². The van der Waals surface area contributed by atoms with Crippen molar-refractivity contribution in [1.29, 1.82) is 0 Å². The summed E-state index contributed by atoms with van der Waals surface area (Å²) in [5.41, 5.74) is -3.36. The highest BCUT2D eigenvalue weighted by Crippen LogP contribution is 2.67. The predicted octanol–water partition coefficient (Wildman–Crippen LogP) is 8.32. The van der Waals surface area contributed by atoms with Crippen LogP contribution in [0.25, 0.3) is 0 Å². The molecule has 0 bridgehead atoms. The van der Waals surface area contributed by atoms with Crippen molar-refractivity contribution in [1.82, 2.24) is 0 Å². The van der Waals surface area contributed by atoms with Gasteiger partial charge < -0.3 is 5.11 Å². The molecule has 0 radical (unpaired) electrons. The molecule has 0 fully saturated rings. The number of hydrogen-bond acceptors (Lipinski definition) is 1. The highest BCUT2D eigenvalue weighted by molar-refractivity contribution is 5.88. The maximum absolute atomic E-state index is 13.8. The molecule has 0 rings (SSSR count). The van der Waals surface area contributed by atoms with E-state index in [1.54, 1.807) is 0 Å². The summed E-state index contributed by atoms with van der Waals surface area (Å²) < 4.78 is 306. The van der Waals surface area contributed by atoms with Crippen molar-refractivity contribution in [3.63, 3.8) is 0 Å². The SMILES string of the molecule is CCC=C(C(=O)O)C(F)(F)C(F)(F)C(F)(F)C(F)(F)C(F)(F)C(F)(F)C(F)(F)C(F)(F)C(F)(F)C(F)(F)C(F)(F)F. The summed E-state index contributed by atoms with van der Waals surface area (Å²) in [6.45, 7) is 0.555. The highest BCUT2D eigenvalue weighted by Gasteiger charge is 2.99. The van der Waals surface area contributed by atoms with Crippen LogP contribution in [0.1, 0.15) is 13.3 Å². The van der Waals surface area contributed by atoms with Crippen LogP contribution in [0.2, 0.25) is 0 Å². The molecule has 0 aromatic rings. The van der Waals surface area contributed by atoms with Gasteiger partial charge in [-0.3, -0.25) is 0 Å². The van der Waals surface area contributed by atoms with Gasteiger partial charge in [-0.25, -0.2) is 4.79 Å². The number of hydrogen-bond donors (Lipinski definition) is 1. The Kier molecular flexibility index (Phi) is 9.25. The largest absolute Gasteiger partial charge is 0.478 e. The van der Waals surface area contributed by atoms with Crippen molar-refractivity contribution in [2.45, 2.75) is 78.7 Å². The lowest BCUT2D eigenvalue weighted by atomic mass is 9.84. The van der Waals surface area contributed by atoms with Gasteiger partial charge in [0.15, 0.2) is 0 Å². The maximum atomic E-state index is 13.8. The minimum absolute atomic E-state index is 0.555. The van der Waals surface area contributed by atoms with E-state index in [1.165, 1.54) is 0 Å². The lowest BCUT2D eigenvalue weighted by Crippen LogP contribution is -2.77. The zero-order valence-corrected chi connectivity index (χ0v) is 18.3. The number of alkyl halides is 23. The van der Waals surface area contributed by atoms with Gasteiger partial charge in [-0.15, -0.1) is 0 Å². The van der Waals surface area contributed by atoms with E-state index >= 15 is 0 Å². The first-order valence-corrected chi connectivity index (χ1v) is 9.18. The second-order valence-corrected chi connectivity index (χ2v) is 7.57. The Morgan fingerprint density at radius 2 is 0.683 bits per heavy atom. The fraction of sp³-hybridized carbons (Fsp3) is 0.812. The fourth-order valence-corrected chi connectivity index (χ4v) is 2.48. The molecule has 0 saturated carbocycles. The molecule has 0 aliphatic heterocycles. The third-order valence-corrected chi connectivity index (χ3v) is 4.88.